The normalized spacial score (nSPS) is 17.5. The van der Waals surface area contributed by atoms with Gasteiger partial charge in [0.15, 0.2) is 9.84 Å². The molecule has 2 unspecified atom stereocenters. The summed E-state index contributed by atoms with van der Waals surface area (Å²) in [5, 5.41) is 0.0465. The van der Waals surface area contributed by atoms with E-state index >= 15 is 0 Å². The van der Waals surface area contributed by atoms with E-state index in [1.54, 1.807) is 20.8 Å². The molecule has 0 radical (unpaired) electrons. The summed E-state index contributed by atoms with van der Waals surface area (Å²) in [4.78, 5) is 0. The maximum absolute atomic E-state index is 11.9. The third-order valence-corrected chi connectivity index (χ3v) is 5.86. The quantitative estimate of drug-likeness (QED) is 0.706. The van der Waals surface area contributed by atoms with Crippen LogP contribution in [0.3, 0.4) is 0 Å². The molecular formula is C11H23ClO2S. The van der Waals surface area contributed by atoms with Gasteiger partial charge < -0.3 is 0 Å². The molecule has 0 heterocycles. The Morgan fingerprint density at radius 3 is 2.00 bits per heavy atom. The molecule has 0 N–H and O–H groups in total. The van der Waals surface area contributed by atoms with Crippen LogP contribution < -0.4 is 0 Å². The van der Waals surface area contributed by atoms with Crippen LogP contribution >= 0.6 is 11.6 Å². The van der Waals surface area contributed by atoms with Crippen molar-refractivity contribution >= 4 is 21.4 Å². The molecule has 0 aromatic heterocycles. The molecule has 0 fully saturated rings. The molecule has 2 atom stereocenters. The minimum absolute atomic E-state index is 0.0465. The molecule has 0 aromatic carbocycles. The summed E-state index contributed by atoms with van der Waals surface area (Å²) in [6.45, 7) is 9.21. The summed E-state index contributed by atoms with van der Waals surface area (Å²) in [6, 6.07) is 0. The molecule has 0 aliphatic rings. The van der Waals surface area contributed by atoms with Gasteiger partial charge in [-0.05, 0) is 40.0 Å². The third-order valence-electron chi connectivity index (χ3n) is 2.86. The lowest BCUT2D eigenvalue weighted by molar-refractivity contribution is 0.476. The third kappa shape index (κ3) is 4.73. The summed E-state index contributed by atoms with van der Waals surface area (Å²) in [6.07, 6.45) is 1.60. The largest absolute Gasteiger partial charge is 0.228 e. The zero-order valence-corrected chi connectivity index (χ0v) is 12.0. The standard InChI is InChI=1S/C11H23ClO2S/c1-6-10(9(2)12)7-8-15(13,14)11(3,4)5/h9-10H,6-8H2,1-5H3. The minimum atomic E-state index is -3.00. The zero-order valence-electron chi connectivity index (χ0n) is 10.4. The number of sulfone groups is 1. The van der Waals surface area contributed by atoms with Crippen molar-refractivity contribution in [2.45, 2.75) is 57.6 Å². The predicted molar refractivity (Wildman–Crippen MR) is 67.3 cm³/mol. The van der Waals surface area contributed by atoms with E-state index in [0.29, 0.717) is 12.3 Å². The van der Waals surface area contributed by atoms with Crippen molar-refractivity contribution in [2.75, 3.05) is 5.75 Å². The van der Waals surface area contributed by atoms with Crippen LogP contribution in [0.15, 0.2) is 0 Å². The summed E-state index contributed by atoms with van der Waals surface area (Å²) in [5.74, 6) is 0.537. The Hall–Kier alpha value is 0.240. The van der Waals surface area contributed by atoms with Crippen molar-refractivity contribution in [1.29, 1.82) is 0 Å². The Bertz CT molecular complexity index is 275. The molecule has 2 nitrogen and oxygen atoms in total. The predicted octanol–water partition coefficient (Wildman–Crippen LogP) is 3.24. The van der Waals surface area contributed by atoms with Crippen molar-refractivity contribution < 1.29 is 8.42 Å². The van der Waals surface area contributed by atoms with Crippen LogP contribution in [-0.4, -0.2) is 24.3 Å². The lowest BCUT2D eigenvalue weighted by Crippen LogP contribution is -2.31. The lowest BCUT2D eigenvalue weighted by atomic mass is 10.0. The van der Waals surface area contributed by atoms with E-state index in [2.05, 4.69) is 0 Å². The van der Waals surface area contributed by atoms with Crippen LogP contribution in [0.1, 0.15) is 47.5 Å². The van der Waals surface area contributed by atoms with Gasteiger partial charge in [-0.1, -0.05) is 13.3 Å². The first kappa shape index (κ1) is 15.2. The number of alkyl halides is 1. The molecule has 0 aromatic rings. The first-order chi connectivity index (χ1) is 6.62. The van der Waals surface area contributed by atoms with E-state index < -0.39 is 14.6 Å². The molecule has 0 saturated heterocycles. The Kier molecular flexibility index (Phi) is 5.62. The molecule has 15 heavy (non-hydrogen) atoms. The van der Waals surface area contributed by atoms with Gasteiger partial charge >= 0.3 is 0 Å². The van der Waals surface area contributed by atoms with Crippen molar-refractivity contribution in [3.63, 3.8) is 0 Å². The fraction of sp³-hybridized carbons (Fsp3) is 1.00. The average molecular weight is 255 g/mol. The van der Waals surface area contributed by atoms with E-state index in [1.165, 1.54) is 0 Å². The van der Waals surface area contributed by atoms with Crippen LogP contribution in [0.4, 0.5) is 0 Å². The Labute approximate surface area is 99.3 Å². The van der Waals surface area contributed by atoms with Gasteiger partial charge in [-0.2, -0.15) is 0 Å². The second kappa shape index (κ2) is 5.53. The molecule has 0 aliphatic heterocycles. The molecule has 0 rings (SSSR count). The highest BCUT2D eigenvalue weighted by Gasteiger charge is 2.29. The number of hydrogen-bond donors (Lipinski definition) is 0. The Morgan fingerprint density at radius 2 is 1.73 bits per heavy atom. The van der Waals surface area contributed by atoms with Gasteiger partial charge in [0.1, 0.15) is 0 Å². The lowest BCUT2D eigenvalue weighted by Gasteiger charge is -2.22. The van der Waals surface area contributed by atoms with Crippen molar-refractivity contribution in [2.24, 2.45) is 5.92 Å². The maximum Gasteiger partial charge on any atom is 0.155 e. The van der Waals surface area contributed by atoms with Crippen LogP contribution in [0.25, 0.3) is 0 Å². The van der Waals surface area contributed by atoms with E-state index in [-0.39, 0.29) is 11.1 Å². The summed E-state index contributed by atoms with van der Waals surface area (Å²) < 4.78 is 23.1. The van der Waals surface area contributed by atoms with Gasteiger partial charge in [-0.3, -0.25) is 0 Å². The molecule has 0 spiro atoms. The molecule has 0 bridgehead atoms. The Balaban J connectivity index is 4.39. The number of hydrogen-bond acceptors (Lipinski definition) is 2. The van der Waals surface area contributed by atoms with Crippen LogP contribution in [0.2, 0.25) is 0 Å². The Morgan fingerprint density at radius 1 is 1.27 bits per heavy atom. The molecule has 0 saturated carbocycles. The molecular weight excluding hydrogens is 232 g/mol. The number of rotatable bonds is 5. The van der Waals surface area contributed by atoms with Gasteiger partial charge in [-0.25, -0.2) is 8.42 Å². The molecule has 0 amide bonds. The van der Waals surface area contributed by atoms with E-state index in [1.807, 2.05) is 13.8 Å². The zero-order chi connectivity index (χ0) is 12.3. The van der Waals surface area contributed by atoms with Gasteiger partial charge in [0.25, 0.3) is 0 Å². The molecule has 92 valence electrons. The van der Waals surface area contributed by atoms with Gasteiger partial charge in [0.2, 0.25) is 0 Å². The SMILES string of the molecule is CCC(CCS(=O)(=O)C(C)(C)C)C(C)Cl. The smallest absolute Gasteiger partial charge is 0.155 e. The fourth-order valence-electron chi connectivity index (χ4n) is 1.37. The topological polar surface area (TPSA) is 34.1 Å². The molecule has 0 aliphatic carbocycles. The first-order valence-electron chi connectivity index (χ1n) is 5.48. The second-order valence-electron chi connectivity index (χ2n) is 5.07. The van der Waals surface area contributed by atoms with Crippen molar-refractivity contribution in [3.8, 4) is 0 Å². The van der Waals surface area contributed by atoms with Crippen molar-refractivity contribution in [3.05, 3.63) is 0 Å². The average Bonchev–Trinajstić information content (AvgIpc) is 2.02. The van der Waals surface area contributed by atoms with Crippen LogP contribution in [0, 0.1) is 5.92 Å². The van der Waals surface area contributed by atoms with E-state index in [9.17, 15) is 8.42 Å². The highest BCUT2D eigenvalue weighted by molar-refractivity contribution is 7.92. The van der Waals surface area contributed by atoms with Gasteiger partial charge in [0, 0.05) is 5.38 Å². The van der Waals surface area contributed by atoms with E-state index in [0.717, 1.165) is 6.42 Å². The van der Waals surface area contributed by atoms with Crippen LogP contribution in [-0.2, 0) is 9.84 Å². The van der Waals surface area contributed by atoms with Gasteiger partial charge in [-0.15, -0.1) is 11.6 Å². The maximum atomic E-state index is 11.9. The highest BCUT2D eigenvalue weighted by atomic mass is 35.5. The number of halogens is 1. The summed E-state index contributed by atoms with van der Waals surface area (Å²) >= 11 is 5.99. The van der Waals surface area contributed by atoms with E-state index in [4.69, 9.17) is 11.6 Å². The summed E-state index contributed by atoms with van der Waals surface area (Å²) in [5.41, 5.74) is 0. The minimum Gasteiger partial charge on any atom is -0.228 e. The summed E-state index contributed by atoms with van der Waals surface area (Å²) in [7, 11) is -3.00. The second-order valence-corrected chi connectivity index (χ2v) is 8.62. The van der Waals surface area contributed by atoms with Crippen molar-refractivity contribution in [1.82, 2.24) is 0 Å². The fourth-order valence-corrected chi connectivity index (χ4v) is 2.90. The highest BCUT2D eigenvalue weighted by Crippen LogP contribution is 2.23. The monoisotopic (exact) mass is 254 g/mol. The van der Waals surface area contributed by atoms with Gasteiger partial charge in [0.05, 0.1) is 10.5 Å². The molecule has 4 heteroatoms. The first-order valence-corrected chi connectivity index (χ1v) is 7.57. The van der Waals surface area contributed by atoms with Crippen LogP contribution in [0.5, 0.6) is 0 Å².